The van der Waals surface area contributed by atoms with Crippen molar-refractivity contribution < 1.29 is 9.84 Å². The highest BCUT2D eigenvalue weighted by Gasteiger charge is 2.15. The number of allylic oxidation sites excluding steroid dienone is 3. The zero-order valence-corrected chi connectivity index (χ0v) is 15.9. The van der Waals surface area contributed by atoms with Crippen LogP contribution in [0.15, 0.2) is 41.4 Å². The lowest BCUT2D eigenvalue weighted by atomic mass is 9.89. The smallest absolute Gasteiger partial charge is 0.137 e. The summed E-state index contributed by atoms with van der Waals surface area (Å²) in [6.45, 7) is 15.2. The molecule has 0 heterocycles. The van der Waals surface area contributed by atoms with Gasteiger partial charge in [-0.05, 0) is 48.4 Å². The SMILES string of the molecule is C=C(/C=C\C(C)(C)C)C(=NCOC)c1cc(C)cc(C)c1CCO. The molecule has 3 nitrogen and oxygen atoms in total. The van der Waals surface area contributed by atoms with E-state index in [0.29, 0.717) is 6.42 Å². The van der Waals surface area contributed by atoms with Gasteiger partial charge in [-0.25, -0.2) is 0 Å². The lowest BCUT2D eigenvalue weighted by molar-refractivity contribution is 0.209. The molecule has 1 N–H and O–H groups in total. The Morgan fingerprint density at radius 3 is 2.50 bits per heavy atom. The van der Waals surface area contributed by atoms with Gasteiger partial charge in [0, 0.05) is 19.3 Å². The van der Waals surface area contributed by atoms with Crippen molar-refractivity contribution in [3.8, 4) is 0 Å². The van der Waals surface area contributed by atoms with Crippen LogP contribution >= 0.6 is 0 Å². The number of nitrogens with zero attached hydrogens (tertiary/aromatic N) is 1. The van der Waals surface area contributed by atoms with Gasteiger partial charge in [0.05, 0.1) is 5.71 Å². The molecule has 3 heteroatoms. The van der Waals surface area contributed by atoms with Crippen LogP contribution in [-0.2, 0) is 11.2 Å². The van der Waals surface area contributed by atoms with E-state index in [9.17, 15) is 5.11 Å². The van der Waals surface area contributed by atoms with E-state index < -0.39 is 0 Å². The molecule has 0 atom stereocenters. The molecule has 0 saturated carbocycles. The molecule has 1 rings (SSSR count). The molecule has 0 unspecified atom stereocenters. The Balaban J connectivity index is 3.42. The molecule has 0 aliphatic heterocycles. The van der Waals surface area contributed by atoms with Crippen molar-refractivity contribution in [2.45, 2.75) is 41.0 Å². The van der Waals surface area contributed by atoms with Crippen molar-refractivity contribution in [1.82, 2.24) is 0 Å². The summed E-state index contributed by atoms with van der Waals surface area (Å²) >= 11 is 0. The number of rotatable bonds is 7. The maximum atomic E-state index is 9.44. The molecule has 0 saturated heterocycles. The largest absolute Gasteiger partial charge is 0.396 e. The standard InChI is InChI=1S/C21H31NO2/c1-15-12-17(3)18(9-11-23)19(13-15)20(22-14-24-7)16(2)8-10-21(4,5)6/h8,10,12-13,23H,2,9,11,14H2,1,3-7H3/b10-8-,22-20?. The molecule has 0 bridgehead atoms. The molecule has 0 fully saturated rings. The summed E-state index contributed by atoms with van der Waals surface area (Å²) in [5.41, 5.74) is 6.23. The maximum absolute atomic E-state index is 9.44. The Bertz CT molecular complexity index is 634. The Hall–Kier alpha value is -1.71. The van der Waals surface area contributed by atoms with Crippen molar-refractivity contribution in [2.24, 2.45) is 10.4 Å². The van der Waals surface area contributed by atoms with Gasteiger partial charge in [-0.1, -0.05) is 51.1 Å². The third-order valence-corrected chi connectivity index (χ3v) is 3.67. The zero-order chi connectivity index (χ0) is 18.3. The first kappa shape index (κ1) is 20.3. The number of methoxy groups -OCH3 is 1. The molecule has 132 valence electrons. The Kier molecular flexibility index (Phi) is 7.59. The lowest BCUT2D eigenvalue weighted by Crippen LogP contribution is -2.12. The Morgan fingerprint density at radius 1 is 1.29 bits per heavy atom. The van der Waals surface area contributed by atoms with Crippen LogP contribution in [-0.4, -0.2) is 31.3 Å². The van der Waals surface area contributed by atoms with Crippen LogP contribution in [0.25, 0.3) is 0 Å². The first-order valence-corrected chi connectivity index (χ1v) is 8.33. The van der Waals surface area contributed by atoms with Crippen LogP contribution in [0.2, 0.25) is 0 Å². The first-order chi connectivity index (χ1) is 11.2. The van der Waals surface area contributed by atoms with Crippen molar-refractivity contribution in [3.05, 3.63) is 58.7 Å². The number of ether oxygens (including phenoxy) is 1. The maximum Gasteiger partial charge on any atom is 0.137 e. The fraction of sp³-hybridized carbons (Fsp3) is 0.476. The quantitative estimate of drug-likeness (QED) is 0.595. The highest BCUT2D eigenvalue weighted by atomic mass is 16.5. The van der Waals surface area contributed by atoms with Gasteiger partial charge in [-0.2, -0.15) is 0 Å². The Labute approximate surface area is 146 Å². The molecule has 0 aromatic heterocycles. The van der Waals surface area contributed by atoms with Gasteiger partial charge >= 0.3 is 0 Å². The zero-order valence-electron chi connectivity index (χ0n) is 15.9. The third-order valence-electron chi connectivity index (χ3n) is 3.67. The highest BCUT2D eigenvalue weighted by molar-refractivity contribution is 6.15. The van der Waals surface area contributed by atoms with Gasteiger partial charge < -0.3 is 9.84 Å². The normalized spacial score (nSPS) is 12.9. The topological polar surface area (TPSA) is 41.8 Å². The minimum absolute atomic E-state index is 0.0752. The van der Waals surface area contributed by atoms with E-state index in [1.54, 1.807) is 7.11 Å². The van der Waals surface area contributed by atoms with Crippen LogP contribution in [0.5, 0.6) is 0 Å². The predicted molar refractivity (Wildman–Crippen MR) is 103 cm³/mol. The minimum Gasteiger partial charge on any atom is -0.396 e. The lowest BCUT2D eigenvalue weighted by Gasteiger charge is -2.17. The average molecular weight is 329 g/mol. The van der Waals surface area contributed by atoms with E-state index in [4.69, 9.17) is 4.74 Å². The second kappa shape index (κ2) is 8.95. The van der Waals surface area contributed by atoms with Crippen molar-refractivity contribution >= 4 is 5.71 Å². The van der Waals surface area contributed by atoms with E-state index in [2.05, 4.69) is 64.4 Å². The molecule has 0 spiro atoms. The number of hydrogen-bond acceptors (Lipinski definition) is 3. The predicted octanol–water partition coefficient (Wildman–Crippen LogP) is 4.39. The van der Waals surface area contributed by atoms with E-state index >= 15 is 0 Å². The van der Waals surface area contributed by atoms with Gasteiger partial charge in [0.25, 0.3) is 0 Å². The van der Waals surface area contributed by atoms with Crippen LogP contribution in [0.1, 0.15) is 43.0 Å². The van der Waals surface area contributed by atoms with Crippen molar-refractivity contribution in [3.63, 3.8) is 0 Å². The van der Waals surface area contributed by atoms with Gasteiger partial charge in [-0.15, -0.1) is 0 Å². The molecular formula is C21H31NO2. The van der Waals surface area contributed by atoms with E-state index in [1.807, 2.05) is 6.08 Å². The van der Waals surface area contributed by atoms with E-state index in [1.165, 1.54) is 5.56 Å². The van der Waals surface area contributed by atoms with Gasteiger partial charge in [0.1, 0.15) is 6.73 Å². The third kappa shape index (κ3) is 6.06. The molecule has 0 aliphatic rings. The van der Waals surface area contributed by atoms with Gasteiger partial charge in [0.15, 0.2) is 0 Å². The average Bonchev–Trinajstić information content (AvgIpc) is 2.48. The van der Waals surface area contributed by atoms with Crippen LogP contribution in [0, 0.1) is 19.3 Å². The van der Waals surface area contributed by atoms with Gasteiger partial charge in [0.2, 0.25) is 0 Å². The number of benzene rings is 1. The summed E-state index contributed by atoms with van der Waals surface area (Å²) in [5, 5.41) is 9.44. The first-order valence-electron chi connectivity index (χ1n) is 8.33. The number of aryl methyl sites for hydroxylation is 2. The van der Waals surface area contributed by atoms with Crippen LogP contribution < -0.4 is 0 Å². The molecule has 1 aromatic rings. The Morgan fingerprint density at radius 2 is 1.96 bits per heavy atom. The minimum atomic E-state index is 0.0752. The number of aliphatic hydroxyl groups excluding tert-OH is 1. The van der Waals surface area contributed by atoms with Crippen molar-refractivity contribution in [1.29, 1.82) is 0 Å². The fourth-order valence-electron chi connectivity index (χ4n) is 2.57. The number of aliphatic imine (C=N–C) groups is 1. The molecule has 24 heavy (non-hydrogen) atoms. The number of aliphatic hydroxyl groups is 1. The fourth-order valence-corrected chi connectivity index (χ4v) is 2.57. The summed E-state index contributed by atoms with van der Waals surface area (Å²) in [5.74, 6) is 0. The molecule has 1 aromatic carbocycles. The summed E-state index contributed by atoms with van der Waals surface area (Å²) in [6, 6.07) is 4.25. The van der Waals surface area contributed by atoms with Crippen molar-refractivity contribution in [2.75, 3.05) is 20.4 Å². The van der Waals surface area contributed by atoms with E-state index in [0.717, 1.165) is 28.0 Å². The molecule has 0 radical (unpaired) electrons. The summed E-state index contributed by atoms with van der Waals surface area (Å²) in [6.07, 6.45) is 4.75. The van der Waals surface area contributed by atoms with E-state index in [-0.39, 0.29) is 18.8 Å². The van der Waals surface area contributed by atoms with Crippen LogP contribution in [0.3, 0.4) is 0 Å². The van der Waals surface area contributed by atoms with Gasteiger partial charge in [-0.3, -0.25) is 4.99 Å². The highest BCUT2D eigenvalue weighted by Crippen LogP contribution is 2.23. The molecular weight excluding hydrogens is 298 g/mol. The number of hydrogen-bond donors (Lipinski definition) is 1. The molecule has 0 amide bonds. The second-order valence-electron chi connectivity index (χ2n) is 7.23. The summed E-state index contributed by atoms with van der Waals surface area (Å²) in [4.78, 5) is 4.60. The van der Waals surface area contributed by atoms with Crippen LogP contribution in [0.4, 0.5) is 0 Å². The summed E-state index contributed by atoms with van der Waals surface area (Å²) < 4.78 is 5.15. The monoisotopic (exact) mass is 329 g/mol. The molecule has 0 aliphatic carbocycles. The second-order valence-corrected chi connectivity index (χ2v) is 7.23. The summed E-state index contributed by atoms with van der Waals surface area (Å²) in [7, 11) is 1.63.